The lowest BCUT2D eigenvalue weighted by atomic mass is 10.0. The summed E-state index contributed by atoms with van der Waals surface area (Å²) in [5, 5.41) is 6.42. The Morgan fingerprint density at radius 1 is 1.15 bits per heavy atom. The number of anilines is 2. The van der Waals surface area contributed by atoms with Gasteiger partial charge in [-0.1, -0.05) is 11.6 Å². The first-order valence-corrected chi connectivity index (χ1v) is 8.96. The highest BCUT2D eigenvalue weighted by Gasteiger charge is 2.61. The lowest BCUT2D eigenvalue weighted by Gasteiger charge is -2.17. The lowest BCUT2D eigenvalue weighted by Crippen LogP contribution is -2.33. The molecule has 26 heavy (non-hydrogen) atoms. The monoisotopic (exact) mass is 370 g/mol. The van der Waals surface area contributed by atoms with Crippen LogP contribution < -0.4 is 10.6 Å². The average Bonchev–Trinajstić information content (AvgIpc) is 3.18. The van der Waals surface area contributed by atoms with Crippen LogP contribution in [0.1, 0.15) is 12.8 Å². The molecule has 0 bridgehead atoms. The Morgan fingerprint density at radius 3 is 2.69 bits per heavy atom. The Balaban J connectivity index is 1.33. The smallest absolute Gasteiger partial charge is 0.321 e. The van der Waals surface area contributed by atoms with Gasteiger partial charge in [0.15, 0.2) is 0 Å². The number of rotatable bonds is 3. The molecule has 1 aliphatic carbocycles. The van der Waals surface area contributed by atoms with Crippen molar-refractivity contribution in [3.05, 3.63) is 53.8 Å². The number of benzene rings is 1. The number of hydrogen-bond donors (Lipinski definition) is 2. The van der Waals surface area contributed by atoms with Crippen LogP contribution in [0.2, 0.25) is 5.02 Å². The quantitative estimate of drug-likeness (QED) is 0.866. The van der Waals surface area contributed by atoms with Gasteiger partial charge in [-0.05, 0) is 49.2 Å². The molecule has 2 fully saturated rings. The molecule has 1 spiro atoms. The molecule has 2 heterocycles. The van der Waals surface area contributed by atoms with E-state index in [1.165, 1.54) is 0 Å². The molecule has 1 aliphatic heterocycles. The number of carbonyl (C=O) groups is 2. The second-order valence-electron chi connectivity index (χ2n) is 6.96. The molecule has 2 atom stereocenters. The maximum Gasteiger partial charge on any atom is 0.321 e. The number of amides is 3. The summed E-state index contributed by atoms with van der Waals surface area (Å²) in [6, 6.07) is 10.5. The first kappa shape index (κ1) is 16.8. The van der Waals surface area contributed by atoms with Gasteiger partial charge in [0.05, 0.1) is 11.9 Å². The molecule has 4 rings (SSSR count). The van der Waals surface area contributed by atoms with Crippen LogP contribution in [0.15, 0.2) is 48.8 Å². The molecule has 7 heteroatoms. The van der Waals surface area contributed by atoms with Crippen molar-refractivity contribution < 1.29 is 9.59 Å². The molecule has 1 aromatic heterocycles. The highest BCUT2D eigenvalue weighted by molar-refractivity contribution is 6.30. The number of halogens is 1. The Hall–Kier alpha value is -2.60. The number of hydrogen-bond acceptors (Lipinski definition) is 3. The van der Waals surface area contributed by atoms with E-state index in [9.17, 15) is 9.59 Å². The van der Waals surface area contributed by atoms with Crippen molar-refractivity contribution in [2.24, 2.45) is 11.3 Å². The summed E-state index contributed by atoms with van der Waals surface area (Å²) >= 11 is 5.86. The Kier molecular flexibility index (Phi) is 4.28. The summed E-state index contributed by atoms with van der Waals surface area (Å²) in [5.74, 6) is -0.0333. The summed E-state index contributed by atoms with van der Waals surface area (Å²) in [6.45, 7) is 1.27. The molecule has 2 aromatic rings. The molecule has 6 nitrogen and oxygen atoms in total. The number of urea groups is 1. The molecule has 1 saturated carbocycles. The van der Waals surface area contributed by atoms with Crippen LogP contribution in [0.3, 0.4) is 0 Å². The number of likely N-dealkylation sites (tertiary alicyclic amines) is 1. The van der Waals surface area contributed by atoms with Crippen molar-refractivity contribution in [1.82, 2.24) is 9.88 Å². The fourth-order valence-corrected chi connectivity index (χ4v) is 3.77. The fourth-order valence-electron chi connectivity index (χ4n) is 3.64. The van der Waals surface area contributed by atoms with E-state index in [1.54, 1.807) is 47.6 Å². The minimum Gasteiger partial charge on any atom is -0.324 e. The average molecular weight is 371 g/mol. The minimum atomic E-state index is -0.137. The predicted octanol–water partition coefficient (Wildman–Crippen LogP) is 3.62. The highest BCUT2D eigenvalue weighted by Crippen LogP contribution is 2.58. The van der Waals surface area contributed by atoms with Gasteiger partial charge in [-0.15, -0.1) is 0 Å². The van der Waals surface area contributed by atoms with Gasteiger partial charge in [0.25, 0.3) is 0 Å². The van der Waals surface area contributed by atoms with E-state index >= 15 is 0 Å². The van der Waals surface area contributed by atoms with Gasteiger partial charge in [0.1, 0.15) is 0 Å². The number of carbonyl (C=O) groups excluding carboxylic acids is 2. The second-order valence-corrected chi connectivity index (χ2v) is 7.40. The Morgan fingerprint density at radius 2 is 1.96 bits per heavy atom. The number of aromatic nitrogens is 1. The standard InChI is InChI=1S/C19H19ClN4O2/c20-13-3-5-14(6-4-13)23-18(26)24-9-7-19(12-24)10-16(19)17(25)22-15-2-1-8-21-11-15/h1-6,8,11,16H,7,9-10,12H2,(H,22,25)(H,23,26)/t16-,19+/m0/s1. The van der Waals surface area contributed by atoms with Crippen LogP contribution in [-0.2, 0) is 4.79 Å². The Bertz CT molecular complexity index is 827. The van der Waals surface area contributed by atoms with Crippen molar-refractivity contribution in [2.45, 2.75) is 12.8 Å². The van der Waals surface area contributed by atoms with E-state index in [2.05, 4.69) is 15.6 Å². The molecule has 1 saturated heterocycles. The first-order chi connectivity index (χ1) is 12.6. The first-order valence-electron chi connectivity index (χ1n) is 8.58. The highest BCUT2D eigenvalue weighted by atomic mass is 35.5. The van der Waals surface area contributed by atoms with Crippen LogP contribution in [0.5, 0.6) is 0 Å². The van der Waals surface area contributed by atoms with E-state index in [-0.39, 0.29) is 23.3 Å². The van der Waals surface area contributed by atoms with Crippen molar-refractivity contribution in [3.63, 3.8) is 0 Å². The van der Waals surface area contributed by atoms with Gasteiger partial charge in [-0.25, -0.2) is 4.79 Å². The third kappa shape index (κ3) is 3.37. The van der Waals surface area contributed by atoms with Crippen LogP contribution in [0, 0.1) is 11.3 Å². The molecular formula is C19H19ClN4O2. The summed E-state index contributed by atoms with van der Waals surface area (Å²) in [4.78, 5) is 30.7. The third-order valence-corrected chi connectivity index (χ3v) is 5.46. The molecule has 0 unspecified atom stereocenters. The van der Waals surface area contributed by atoms with Gasteiger partial charge >= 0.3 is 6.03 Å². The van der Waals surface area contributed by atoms with Crippen LogP contribution in [-0.4, -0.2) is 34.9 Å². The van der Waals surface area contributed by atoms with Gasteiger partial charge in [0, 0.05) is 41.3 Å². The molecular weight excluding hydrogens is 352 g/mol. The van der Waals surface area contributed by atoms with Crippen LogP contribution in [0.25, 0.3) is 0 Å². The van der Waals surface area contributed by atoms with E-state index in [0.717, 1.165) is 12.8 Å². The van der Waals surface area contributed by atoms with Gasteiger partial charge in [0.2, 0.25) is 5.91 Å². The summed E-state index contributed by atoms with van der Waals surface area (Å²) in [6.07, 6.45) is 4.98. The molecule has 2 aliphatic rings. The number of pyridine rings is 1. The van der Waals surface area contributed by atoms with E-state index in [4.69, 9.17) is 11.6 Å². The van der Waals surface area contributed by atoms with Crippen molar-refractivity contribution in [1.29, 1.82) is 0 Å². The molecule has 0 radical (unpaired) electrons. The Labute approximate surface area is 156 Å². The van der Waals surface area contributed by atoms with E-state index < -0.39 is 0 Å². The maximum atomic E-state index is 12.5. The zero-order valence-corrected chi connectivity index (χ0v) is 14.9. The molecule has 3 amide bonds. The largest absolute Gasteiger partial charge is 0.324 e. The maximum absolute atomic E-state index is 12.5. The van der Waals surface area contributed by atoms with Gasteiger partial charge in [-0.2, -0.15) is 0 Å². The third-order valence-electron chi connectivity index (χ3n) is 5.20. The summed E-state index contributed by atoms with van der Waals surface area (Å²) in [7, 11) is 0. The van der Waals surface area contributed by atoms with E-state index in [1.807, 2.05) is 6.07 Å². The van der Waals surface area contributed by atoms with Crippen LogP contribution >= 0.6 is 11.6 Å². The van der Waals surface area contributed by atoms with Crippen molar-refractivity contribution >= 4 is 34.9 Å². The minimum absolute atomic E-state index is 0.0120. The summed E-state index contributed by atoms with van der Waals surface area (Å²) in [5.41, 5.74) is 1.33. The topological polar surface area (TPSA) is 74.3 Å². The molecule has 134 valence electrons. The SMILES string of the molecule is O=C(Nc1cccnc1)[C@@H]1C[C@@]12CCN(C(=O)Nc1ccc(Cl)cc1)C2. The second kappa shape index (κ2) is 6.61. The summed E-state index contributed by atoms with van der Waals surface area (Å²) < 4.78 is 0. The van der Waals surface area contributed by atoms with Crippen molar-refractivity contribution in [2.75, 3.05) is 23.7 Å². The number of nitrogens with one attached hydrogen (secondary N) is 2. The predicted molar refractivity (Wildman–Crippen MR) is 100 cm³/mol. The molecule has 2 N–H and O–H groups in total. The zero-order chi connectivity index (χ0) is 18.1. The normalized spacial score (nSPS) is 23.7. The lowest BCUT2D eigenvalue weighted by molar-refractivity contribution is -0.118. The zero-order valence-electron chi connectivity index (χ0n) is 14.1. The molecule has 1 aromatic carbocycles. The van der Waals surface area contributed by atoms with Gasteiger partial charge < -0.3 is 15.5 Å². The fraction of sp³-hybridized carbons (Fsp3) is 0.316. The number of nitrogens with zero attached hydrogens (tertiary/aromatic N) is 2. The van der Waals surface area contributed by atoms with Crippen molar-refractivity contribution in [3.8, 4) is 0 Å². The van der Waals surface area contributed by atoms with Gasteiger partial charge in [-0.3, -0.25) is 9.78 Å². The van der Waals surface area contributed by atoms with E-state index in [0.29, 0.717) is 29.5 Å². The van der Waals surface area contributed by atoms with Crippen LogP contribution in [0.4, 0.5) is 16.2 Å².